The molecule has 10 heteroatoms. The minimum absolute atomic E-state index is 0.184. The smallest absolute Gasteiger partial charge is 0.408 e. The lowest BCUT2D eigenvalue weighted by molar-refractivity contribution is -0.562. The van der Waals surface area contributed by atoms with Gasteiger partial charge < -0.3 is 19.5 Å². The molecule has 0 radical (unpaired) electrons. The zero-order chi connectivity index (χ0) is 20.7. The van der Waals surface area contributed by atoms with Gasteiger partial charge in [-0.25, -0.2) is 9.59 Å². The summed E-state index contributed by atoms with van der Waals surface area (Å²) in [7, 11) is 2.27. The van der Waals surface area contributed by atoms with Crippen molar-refractivity contribution in [3.63, 3.8) is 0 Å². The number of nitrogens with one attached hydrogen (secondary N) is 1. The molecular formula is C16H28N2O8. The van der Waals surface area contributed by atoms with Crippen molar-refractivity contribution >= 4 is 18.0 Å². The van der Waals surface area contributed by atoms with Crippen molar-refractivity contribution < 1.29 is 33.5 Å². The first-order valence-corrected chi connectivity index (χ1v) is 8.03. The van der Waals surface area contributed by atoms with Crippen molar-refractivity contribution in [3.8, 4) is 0 Å². The van der Waals surface area contributed by atoms with Crippen molar-refractivity contribution in [2.45, 2.75) is 64.6 Å². The first-order chi connectivity index (χ1) is 11.7. The molecule has 1 unspecified atom stereocenters. The molecule has 2 atom stereocenters. The number of nitro groups is 1. The van der Waals surface area contributed by atoms with Crippen LogP contribution in [0.4, 0.5) is 4.79 Å². The summed E-state index contributed by atoms with van der Waals surface area (Å²) in [5, 5.41) is 13.5. The Balaban J connectivity index is 5.38. The van der Waals surface area contributed by atoms with E-state index in [1.165, 1.54) is 13.8 Å². The van der Waals surface area contributed by atoms with Gasteiger partial charge >= 0.3 is 18.0 Å². The number of amides is 1. The lowest BCUT2D eigenvalue weighted by atomic mass is 9.86. The Bertz CT molecular complexity index is 539. The normalized spacial score (nSPS) is 14.0. The van der Waals surface area contributed by atoms with Crippen LogP contribution >= 0.6 is 0 Å². The van der Waals surface area contributed by atoms with E-state index in [4.69, 9.17) is 4.74 Å². The average molecular weight is 376 g/mol. The summed E-state index contributed by atoms with van der Waals surface area (Å²) in [5.74, 6) is -2.53. The maximum absolute atomic E-state index is 12.0. The van der Waals surface area contributed by atoms with Crippen molar-refractivity contribution in [1.29, 1.82) is 0 Å². The van der Waals surface area contributed by atoms with Gasteiger partial charge in [-0.15, -0.1) is 0 Å². The van der Waals surface area contributed by atoms with Crippen LogP contribution < -0.4 is 5.32 Å². The molecule has 0 rings (SSSR count). The second-order valence-electron chi connectivity index (χ2n) is 7.45. The molecule has 150 valence electrons. The molecule has 1 N–H and O–H groups in total. The van der Waals surface area contributed by atoms with Crippen molar-refractivity contribution in [2.75, 3.05) is 14.2 Å². The van der Waals surface area contributed by atoms with Crippen LogP contribution in [-0.2, 0) is 23.8 Å². The third-order valence-corrected chi connectivity index (χ3v) is 3.47. The van der Waals surface area contributed by atoms with E-state index in [1.54, 1.807) is 20.8 Å². The lowest BCUT2D eigenvalue weighted by Gasteiger charge is -2.26. The topological polar surface area (TPSA) is 134 Å². The summed E-state index contributed by atoms with van der Waals surface area (Å²) in [6.45, 7) is 7.67. The highest BCUT2D eigenvalue weighted by Gasteiger charge is 2.40. The molecule has 0 heterocycles. The maximum Gasteiger partial charge on any atom is 0.408 e. The molecular weight excluding hydrogens is 348 g/mol. The van der Waals surface area contributed by atoms with Crippen LogP contribution in [0.3, 0.4) is 0 Å². The van der Waals surface area contributed by atoms with E-state index in [2.05, 4.69) is 14.8 Å². The number of alkyl carbamates (subject to hydrolysis) is 1. The lowest BCUT2D eigenvalue weighted by Crippen LogP contribution is -2.47. The number of esters is 2. The van der Waals surface area contributed by atoms with Crippen LogP contribution in [0, 0.1) is 16.0 Å². The number of hydrogen-bond donors (Lipinski definition) is 1. The van der Waals surface area contributed by atoms with Gasteiger partial charge in [0.1, 0.15) is 11.6 Å². The Morgan fingerprint density at radius 1 is 1.04 bits per heavy atom. The number of rotatable bonds is 8. The predicted octanol–water partition coefficient (Wildman–Crippen LogP) is 1.68. The van der Waals surface area contributed by atoms with Gasteiger partial charge in [-0.2, -0.15) is 0 Å². The third-order valence-electron chi connectivity index (χ3n) is 3.47. The van der Waals surface area contributed by atoms with Gasteiger partial charge in [-0.3, -0.25) is 14.9 Å². The summed E-state index contributed by atoms with van der Waals surface area (Å²) in [4.78, 5) is 46.6. The quantitative estimate of drug-likeness (QED) is 0.293. The fraction of sp³-hybridized carbons (Fsp3) is 0.812. The zero-order valence-electron chi connectivity index (χ0n) is 16.3. The van der Waals surface area contributed by atoms with E-state index < -0.39 is 46.1 Å². The number of carbonyl (C=O) groups is 3. The van der Waals surface area contributed by atoms with Crippen molar-refractivity contribution in [1.82, 2.24) is 5.32 Å². The van der Waals surface area contributed by atoms with Gasteiger partial charge in [0, 0.05) is 25.2 Å². The molecule has 26 heavy (non-hydrogen) atoms. The maximum atomic E-state index is 12.0. The fourth-order valence-electron chi connectivity index (χ4n) is 2.20. The Morgan fingerprint density at radius 2 is 1.54 bits per heavy atom. The Morgan fingerprint density at radius 3 is 1.92 bits per heavy atom. The first-order valence-electron chi connectivity index (χ1n) is 8.03. The second-order valence-corrected chi connectivity index (χ2v) is 7.45. The highest BCUT2D eigenvalue weighted by atomic mass is 16.6. The first kappa shape index (κ1) is 23.6. The van der Waals surface area contributed by atoms with E-state index in [9.17, 15) is 24.5 Å². The molecule has 0 aliphatic heterocycles. The van der Waals surface area contributed by atoms with E-state index in [0.717, 1.165) is 14.2 Å². The van der Waals surface area contributed by atoms with Crippen molar-refractivity contribution in [2.24, 2.45) is 5.92 Å². The van der Waals surface area contributed by atoms with Crippen LogP contribution in [-0.4, -0.2) is 54.4 Å². The molecule has 0 bridgehead atoms. The largest absolute Gasteiger partial charge is 0.469 e. The van der Waals surface area contributed by atoms with Gasteiger partial charge in [-0.1, -0.05) is 0 Å². The summed E-state index contributed by atoms with van der Waals surface area (Å²) in [6.07, 6.45) is -1.28. The highest BCUT2D eigenvalue weighted by Crippen LogP contribution is 2.25. The van der Waals surface area contributed by atoms with E-state index in [-0.39, 0.29) is 12.8 Å². The summed E-state index contributed by atoms with van der Waals surface area (Å²) in [5.41, 5.74) is -2.22. The number of ether oxygens (including phenoxy) is 3. The molecule has 0 aromatic heterocycles. The number of carbonyl (C=O) groups excluding carboxylic acids is 3. The molecule has 0 aliphatic carbocycles. The highest BCUT2D eigenvalue weighted by molar-refractivity contribution is 5.82. The van der Waals surface area contributed by atoms with Crippen LogP contribution in [0.1, 0.15) is 47.5 Å². The van der Waals surface area contributed by atoms with Gasteiger partial charge in [-0.05, 0) is 27.2 Å². The zero-order valence-corrected chi connectivity index (χ0v) is 16.3. The molecule has 1 amide bonds. The monoisotopic (exact) mass is 376 g/mol. The molecule has 0 aliphatic rings. The SMILES string of the molecule is COC(=O)C(C[C@H](NC(=O)OC(C)(C)C)C(=O)OC)CC(C)(C)[N+](=O)[O-]. The summed E-state index contributed by atoms with van der Waals surface area (Å²) in [6, 6.07) is -1.22. The number of nitrogens with zero attached hydrogens (tertiary/aromatic N) is 1. The second kappa shape index (κ2) is 9.35. The molecule has 0 saturated heterocycles. The summed E-state index contributed by atoms with van der Waals surface area (Å²) < 4.78 is 14.4. The van der Waals surface area contributed by atoms with Crippen LogP contribution in [0.25, 0.3) is 0 Å². The standard InChI is InChI=1S/C16H28N2O8/c1-15(2,3)26-14(21)17-11(13(20)25-7)8-10(12(19)24-6)9-16(4,5)18(22)23/h10-11H,8-9H2,1-7H3,(H,17,21)/t10?,11-/m0/s1. The van der Waals surface area contributed by atoms with E-state index in [1.807, 2.05) is 0 Å². The molecule has 0 saturated carbocycles. The van der Waals surface area contributed by atoms with Crippen molar-refractivity contribution in [3.05, 3.63) is 10.1 Å². The number of methoxy groups -OCH3 is 2. The van der Waals surface area contributed by atoms with Crippen LogP contribution in [0.2, 0.25) is 0 Å². The van der Waals surface area contributed by atoms with E-state index in [0.29, 0.717) is 0 Å². The minimum atomic E-state index is -1.43. The molecule has 0 spiro atoms. The van der Waals surface area contributed by atoms with Crippen LogP contribution in [0.5, 0.6) is 0 Å². The van der Waals surface area contributed by atoms with E-state index >= 15 is 0 Å². The molecule has 0 aromatic rings. The Labute approximate surface area is 152 Å². The number of hydrogen-bond acceptors (Lipinski definition) is 8. The van der Waals surface area contributed by atoms with Gasteiger partial charge in [0.2, 0.25) is 5.54 Å². The fourth-order valence-corrected chi connectivity index (χ4v) is 2.20. The van der Waals surface area contributed by atoms with Crippen LogP contribution in [0.15, 0.2) is 0 Å². The molecule has 10 nitrogen and oxygen atoms in total. The van der Waals surface area contributed by atoms with Gasteiger partial charge in [0.15, 0.2) is 0 Å². The van der Waals surface area contributed by atoms with Gasteiger partial charge in [0.05, 0.1) is 20.1 Å². The summed E-state index contributed by atoms with van der Waals surface area (Å²) >= 11 is 0. The predicted molar refractivity (Wildman–Crippen MR) is 91.0 cm³/mol. The third kappa shape index (κ3) is 8.13. The van der Waals surface area contributed by atoms with Gasteiger partial charge in [0.25, 0.3) is 0 Å². The Hall–Kier alpha value is -2.39. The Kier molecular flexibility index (Phi) is 8.49. The minimum Gasteiger partial charge on any atom is -0.469 e. The average Bonchev–Trinajstić information content (AvgIpc) is 2.49. The molecule has 0 aromatic carbocycles. The molecule has 0 fully saturated rings.